The fourth-order valence-electron chi connectivity index (χ4n) is 3.44. The van der Waals surface area contributed by atoms with Crippen molar-refractivity contribution in [1.29, 1.82) is 0 Å². The quantitative estimate of drug-likeness (QED) is 0.647. The monoisotopic (exact) mass is 395 g/mol. The van der Waals surface area contributed by atoms with Gasteiger partial charge in [0.2, 0.25) is 5.91 Å². The lowest BCUT2D eigenvalue weighted by molar-refractivity contribution is -0.131. The zero-order chi connectivity index (χ0) is 19.3. The van der Waals surface area contributed by atoms with Gasteiger partial charge in [0.15, 0.2) is 11.7 Å². The summed E-state index contributed by atoms with van der Waals surface area (Å²) in [5, 5.41) is 0.750. The van der Waals surface area contributed by atoms with Crippen LogP contribution in [0.4, 0.5) is 5.69 Å². The van der Waals surface area contributed by atoms with Crippen LogP contribution in [0.25, 0.3) is 11.3 Å². The van der Waals surface area contributed by atoms with E-state index in [-0.39, 0.29) is 5.91 Å². The van der Waals surface area contributed by atoms with Crippen LogP contribution in [0, 0.1) is 0 Å². The summed E-state index contributed by atoms with van der Waals surface area (Å²) in [6.07, 6.45) is 2.63. The van der Waals surface area contributed by atoms with Crippen molar-refractivity contribution >= 4 is 23.2 Å². The highest BCUT2D eigenvalue weighted by molar-refractivity contribution is 6.33. The number of hydrogen-bond acceptors (Lipinski definition) is 4. The fourth-order valence-corrected chi connectivity index (χ4v) is 3.69. The molecule has 0 atom stereocenters. The number of nitrogens with zero attached hydrogens (tertiary/aromatic N) is 3. The van der Waals surface area contributed by atoms with Crippen LogP contribution in [0.15, 0.2) is 65.2 Å². The average molecular weight is 396 g/mol. The molecule has 3 aromatic rings. The molecule has 144 valence electrons. The van der Waals surface area contributed by atoms with E-state index in [1.807, 2.05) is 59.5 Å². The van der Waals surface area contributed by atoms with Gasteiger partial charge in [0, 0.05) is 44.6 Å². The van der Waals surface area contributed by atoms with Crippen LogP contribution in [0.5, 0.6) is 0 Å². The van der Waals surface area contributed by atoms with Gasteiger partial charge in [-0.3, -0.25) is 4.79 Å². The summed E-state index contributed by atoms with van der Waals surface area (Å²) in [6, 6.07) is 17.7. The van der Waals surface area contributed by atoms with Crippen LogP contribution >= 0.6 is 11.6 Å². The molecule has 0 radical (unpaired) electrons. The normalized spacial score (nSPS) is 14.3. The number of hydrogen-bond donors (Lipinski definition) is 0. The van der Waals surface area contributed by atoms with E-state index in [4.69, 9.17) is 16.0 Å². The number of aromatic nitrogens is 1. The van der Waals surface area contributed by atoms with E-state index < -0.39 is 0 Å². The Labute approximate surface area is 169 Å². The highest BCUT2D eigenvalue weighted by Gasteiger charge is 2.22. The van der Waals surface area contributed by atoms with Crippen molar-refractivity contribution in [2.75, 3.05) is 31.1 Å². The molecule has 1 aliphatic rings. The van der Waals surface area contributed by atoms with E-state index >= 15 is 0 Å². The molecular weight excluding hydrogens is 374 g/mol. The molecule has 1 amide bonds. The molecule has 0 bridgehead atoms. The van der Waals surface area contributed by atoms with Crippen molar-refractivity contribution < 1.29 is 9.21 Å². The smallest absolute Gasteiger partial charge is 0.223 e. The van der Waals surface area contributed by atoms with Crippen molar-refractivity contribution in [3.63, 3.8) is 0 Å². The van der Waals surface area contributed by atoms with Crippen LogP contribution in [-0.4, -0.2) is 42.0 Å². The molecular formula is C22H22ClN3O2. The summed E-state index contributed by atoms with van der Waals surface area (Å²) in [5.41, 5.74) is 2.02. The summed E-state index contributed by atoms with van der Waals surface area (Å²) < 4.78 is 5.79. The number of halogens is 1. The Balaban J connectivity index is 1.28. The zero-order valence-electron chi connectivity index (χ0n) is 15.6. The second kappa shape index (κ2) is 8.48. The van der Waals surface area contributed by atoms with Gasteiger partial charge in [-0.15, -0.1) is 0 Å². The van der Waals surface area contributed by atoms with Crippen molar-refractivity contribution in [3.05, 3.63) is 71.7 Å². The molecule has 0 spiro atoms. The summed E-state index contributed by atoms with van der Waals surface area (Å²) in [5.74, 6) is 1.47. The largest absolute Gasteiger partial charge is 0.441 e. The first-order valence-corrected chi connectivity index (χ1v) is 9.86. The lowest BCUT2D eigenvalue weighted by atomic mass is 10.2. The third-order valence-corrected chi connectivity index (χ3v) is 5.31. The third kappa shape index (κ3) is 4.20. The molecule has 1 aromatic heterocycles. The predicted molar refractivity (Wildman–Crippen MR) is 111 cm³/mol. The van der Waals surface area contributed by atoms with E-state index in [2.05, 4.69) is 9.88 Å². The molecule has 2 heterocycles. The van der Waals surface area contributed by atoms with E-state index in [9.17, 15) is 4.79 Å². The first-order valence-electron chi connectivity index (χ1n) is 9.48. The molecule has 6 heteroatoms. The number of aryl methyl sites for hydroxylation is 1. The maximum atomic E-state index is 12.6. The number of anilines is 1. The van der Waals surface area contributed by atoms with Crippen LogP contribution < -0.4 is 4.90 Å². The second-order valence-electron chi connectivity index (χ2n) is 6.80. The van der Waals surface area contributed by atoms with Gasteiger partial charge < -0.3 is 14.2 Å². The summed E-state index contributed by atoms with van der Waals surface area (Å²) in [7, 11) is 0. The van der Waals surface area contributed by atoms with Gasteiger partial charge in [0.1, 0.15) is 0 Å². The van der Waals surface area contributed by atoms with E-state index in [0.29, 0.717) is 31.8 Å². The standard InChI is InChI=1S/C22H22ClN3O2/c23-18-8-4-5-9-19(18)25-12-14-26(15-13-25)22(27)11-10-21-24-16-20(28-21)17-6-2-1-3-7-17/h1-9,16H,10-15H2. The van der Waals surface area contributed by atoms with Gasteiger partial charge in [-0.05, 0) is 12.1 Å². The number of para-hydroxylation sites is 1. The molecule has 28 heavy (non-hydrogen) atoms. The predicted octanol–water partition coefficient (Wildman–Crippen LogP) is 4.28. The van der Waals surface area contributed by atoms with Gasteiger partial charge in [0.25, 0.3) is 0 Å². The minimum Gasteiger partial charge on any atom is -0.441 e. The Bertz CT molecular complexity index is 934. The molecule has 1 aliphatic heterocycles. The Morgan fingerprint density at radius 2 is 1.71 bits per heavy atom. The topological polar surface area (TPSA) is 49.6 Å². The van der Waals surface area contributed by atoms with Crippen molar-refractivity contribution in [3.8, 4) is 11.3 Å². The molecule has 4 rings (SSSR count). The van der Waals surface area contributed by atoms with E-state index in [0.717, 1.165) is 35.1 Å². The van der Waals surface area contributed by atoms with E-state index in [1.54, 1.807) is 6.20 Å². The minimum atomic E-state index is 0.137. The third-order valence-electron chi connectivity index (χ3n) is 4.99. The summed E-state index contributed by atoms with van der Waals surface area (Å²) in [6.45, 7) is 2.97. The number of benzene rings is 2. The molecule has 0 unspecified atom stereocenters. The molecule has 1 saturated heterocycles. The van der Waals surface area contributed by atoms with Gasteiger partial charge >= 0.3 is 0 Å². The maximum Gasteiger partial charge on any atom is 0.223 e. The number of rotatable bonds is 5. The number of carbonyl (C=O) groups excluding carboxylic acids is 1. The first kappa shape index (κ1) is 18.6. The lowest BCUT2D eigenvalue weighted by Gasteiger charge is -2.36. The summed E-state index contributed by atoms with van der Waals surface area (Å²) in [4.78, 5) is 21.0. The average Bonchev–Trinajstić information content (AvgIpc) is 3.22. The number of oxazole rings is 1. The molecule has 0 N–H and O–H groups in total. The van der Waals surface area contributed by atoms with Crippen LogP contribution in [0.2, 0.25) is 5.02 Å². The first-order chi connectivity index (χ1) is 13.7. The van der Waals surface area contributed by atoms with Gasteiger partial charge in [-0.1, -0.05) is 54.1 Å². The fraction of sp³-hybridized carbons (Fsp3) is 0.273. The lowest BCUT2D eigenvalue weighted by Crippen LogP contribution is -2.48. The Hall–Kier alpha value is -2.79. The Morgan fingerprint density at radius 3 is 2.46 bits per heavy atom. The molecule has 5 nitrogen and oxygen atoms in total. The summed E-state index contributed by atoms with van der Waals surface area (Å²) >= 11 is 6.28. The van der Waals surface area contributed by atoms with Crippen LogP contribution in [-0.2, 0) is 11.2 Å². The van der Waals surface area contributed by atoms with Crippen molar-refractivity contribution in [1.82, 2.24) is 9.88 Å². The van der Waals surface area contributed by atoms with Crippen LogP contribution in [0.1, 0.15) is 12.3 Å². The highest BCUT2D eigenvalue weighted by Crippen LogP contribution is 2.26. The zero-order valence-corrected chi connectivity index (χ0v) is 16.3. The second-order valence-corrected chi connectivity index (χ2v) is 7.21. The van der Waals surface area contributed by atoms with Crippen molar-refractivity contribution in [2.45, 2.75) is 12.8 Å². The molecule has 2 aromatic carbocycles. The SMILES string of the molecule is O=C(CCc1ncc(-c2ccccc2)o1)N1CCN(c2ccccc2Cl)CC1. The van der Waals surface area contributed by atoms with Gasteiger partial charge in [0.05, 0.1) is 16.9 Å². The number of amides is 1. The van der Waals surface area contributed by atoms with Crippen LogP contribution in [0.3, 0.4) is 0 Å². The van der Waals surface area contributed by atoms with Gasteiger partial charge in [-0.2, -0.15) is 0 Å². The van der Waals surface area contributed by atoms with E-state index in [1.165, 1.54) is 0 Å². The Kier molecular flexibility index (Phi) is 5.63. The minimum absolute atomic E-state index is 0.137. The Morgan fingerprint density at radius 1 is 1.00 bits per heavy atom. The number of piperazine rings is 1. The molecule has 1 fully saturated rings. The maximum absolute atomic E-state index is 12.6. The molecule has 0 saturated carbocycles. The van der Waals surface area contributed by atoms with Crippen molar-refractivity contribution in [2.24, 2.45) is 0 Å². The molecule has 0 aliphatic carbocycles. The number of carbonyl (C=O) groups is 1. The highest BCUT2D eigenvalue weighted by atomic mass is 35.5. The van der Waals surface area contributed by atoms with Gasteiger partial charge in [-0.25, -0.2) is 4.98 Å².